The molecule has 5 rings (SSSR count). The molecule has 1 aliphatic heterocycles. The highest BCUT2D eigenvalue weighted by Gasteiger charge is 2.51. The highest BCUT2D eigenvalue weighted by Crippen LogP contribution is 2.52. The number of hydrogen-bond acceptors (Lipinski definition) is 8. The van der Waals surface area contributed by atoms with Crippen LogP contribution in [-0.4, -0.2) is 30.9 Å². The highest BCUT2D eigenvalue weighted by molar-refractivity contribution is 7.10. The third-order valence-electron chi connectivity index (χ3n) is 7.28. The summed E-state index contributed by atoms with van der Waals surface area (Å²) in [4.78, 5) is 43.8. The molecule has 0 amide bonds. The number of nitrogens with two attached hydrogens (primary N) is 1. The van der Waals surface area contributed by atoms with Crippen molar-refractivity contribution in [3.63, 3.8) is 0 Å². The number of thiophene rings is 1. The van der Waals surface area contributed by atoms with Gasteiger partial charge in [-0.3, -0.25) is 14.5 Å². The number of anilines is 1. The first-order valence-corrected chi connectivity index (χ1v) is 14.5. The topological polar surface area (TPSA) is 98.9 Å². The number of rotatable bonds is 7. The van der Waals surface area contributed by atoms with Crippen molar-refractivity contribution >= 4 is 46.3 Å². The van der Waals surface area contributed by atoms with Gasteiger partial charge in [-0.15, -0.1) is 11.3 Å². The number of nitrogens with zero attached hydrogens (tertiary/aromatic N) is 1. The van der Waals surface area contributed by atoms with Crippen LogP contribution in [0.5, 0.6) is 0 Å². The molecule has 3 aromatic rings. The SMILES string of the molecule is CCOC(=O)C1=C(N)N(c2ccccc2F)C2=C(C(=O)[C@@H](C(=O)OCC)[C@@H](c3cccs3)C2)[C@@H]1c1ccc(Cl)cc1. The monoisotopic (exact) mass is 594 g/mol. The summed E-state index contributed by atoms with van der Waals surface area (Å²) < 4.78 is 26.2. The lowest BCUT2D eigenvalue weighted by Crippen LogP contribution is -2.46. The Morgan fingerprint density at radius 2 is 1.76 bits per heavy atom. The second-order valence-electron chi connectivity index (χ2n) is 9.57. The van der Waals surface area contributed by atoms with Gasteiger partial charge < -0.3 is 15.2 Å². The lowest BCUT2D eigenvalue weighted by atomic mass is 9.68. The smallest absolute Gasteiger partial charge is 0.338 e. The number of hydrogen-bond donors (Lipinski definition) is 1. The zero-order valence-corrected chi connectivity index (χ0v) is 24.0. The number of esters is 2. The number of halogens is 2. The third-order valence-corrected chi connectivity index (χ3v) is 8.54. The Morgan fingerprint density at radius 3 is 2.39 bits per heavy atom. The number of Topliss-reactive ketones (excluding diaryl/α,β-unsaturated/α-hetero) is 1. The van der Waals surface area contributed by atoms with E-state index in [1.807, 2.05) is 17.5 Å². The molecule has 3 atom stereocenters. The van der Waals surface area contributed by atoms with Crippen molar-refractivity contribution in [2.75, 3.05) is 18.1 Å². The first-order chi connectivity index (χ1) is 19.8. The molecule has 2 heterocycles. The van der Waals surface area contributed by atoms with E-state index in [4.69, 9.17) is 26.8 Å². The first kappa shape index (κ1) is 28.6. The maximum atomic E-state index is 15.4. The molecule has 0 spiro atoms. The molecule has 212 valence electrons. The molecule has 2 N–H and O–H groups in total. The molecule has 0 unspecified atom stereocenters. The number of benzene rings is 2. The Bertz CT molecular complexity index is 1550. The van der Waals surface area contributed by atoms with Gasteiger partial charge in [0.25, 0.3) is 0 Å². The second kappa shape index (κ2) is 11.9. The summed E-state index contributed by atoms with van der Waals surface area (Å²) in [5, 5.41) is 2.32. The van der Waals surface area contributed by atoms with Crippen molar-refractivity contribution in [1.29, 1.82) is 0 Å². The van der Waals surface area contributed by atoms with Crippen molar-refractivity contribution in [2.24, 2.45) is 11.7 Å². The molecule has 0 saturated heterocycles. The molecular weight excluding hydrogens is 567 g/mol. The lowest BCUT2D eigenvalue weighted by molar-refractivity contribution is -0.152. The fourth-order valence-corrected chi connectivity index (χ4v) is 6.60. The van der Waals surface area contributed by atoms with Crippen LogP contribution in [0.4, 0.5) is 10.1 Å². The van der Waals surface area contributed by atoms with Crippen LogP contribution in [-0.2, 0) is 23.9 Å². The van der Waals surface area contributed by atoms with Gasteiger partial charge in [0.1, 0.15) is 17.6 Å². The Balaban J connectivity index is 1.82. The van der Waals surface area contributed by atoms with E-state index in [0.29, 0.717) is 16.3 Å². The van der Waals surface area contributed by atoms with Crippen LogP contribution in [0.1, 0.15) is 42.5 Å². The number of allylic oxidation sites excluding steroid dienone is 2. The standard InChI is InChI=1S/C31H28ClFN2O5S/c1-3-39-30(37)25-19(23-10-7-15-41-23)16-22-26(28(25)36)24(17-11-13-18(32)14-12-17)27(31(38)40-4-2)29(34)35(22)21-9-6-5-8-20(21)33/h5-15,19,24-25H,3-4,16,34H2,1-2H3/t19-,24+,25+/m1/s1. The van der Waals surface area contributed by atoms with Crippen molar-refractivity contribution in [1.82, 2.24) is 0 Å². The summed E-state index contributed by atoms with van der Waals surface area (Å²) in [5.41, 5.74) is 7.91. The van der Waals surface area contributed by atoms with Gasteiger partial charge in [-0.25, -0.2) is 9.18 Å². The third kappa shape index (κ3) is 5.15. The van der Waals surface area contributed by atoms with E-state index >= 15 is 4.39 Å². The molecule has 0 radical (unpaired) electrons. The summed E-state index contributed by atoms with van der Waals surface area (Å²) >= 11 is 7.59. The van der Waals surface area contributed by atoms with Gasteiger partial charge in [-0.05, 0) is 61.5 Å². The van der Waals surface area contributed by atoms with Crippen LogP contribution < -0.4 is 10.6 Å². The van der Waals surface area contributed by atoms with Crippen molar-refractivity contribution in [3.8, 4) is 0 Å². The maximum Gasteiger partial charge on any atom is 0.338 e. The molecule has 0 saturated carbocycles. The fourth-order valence-electron chi connectivity index (χ4n) is 5.61. The Morgan fingerprint density at radius 1 is 1.05 bits per heavy atom. The van der Waals surface area contributed by atoms with Crippen LogP contribution in [0.2, 0.25) is 5.02 Å². The second-order valence-corrected chi connectivity index (χ2v) is 11.0. The van der Waals surface area contributed by atoms with Crippen LogP contribution in [0.25, 0.3) is 0 Å². The number of para-hydroxylation sites is 1. The van der Waals surface area contributed by atoms with Crippen molar-refractivity contribution in [3.05, 3.63) is 110 Å². The van der Waals surface area contributed by atoms with Crippen molar-refractivity contribution < 1.29 is 28.2 Å². The molecule has 41 heavy (non-hydrogen) atoms. The van der Waals surface area contributed by atoms with E-state index in [2.05, 4.69) is 0 Å². The predicted molar refractivity (Wildman–Crippen MR) is 155 cm³/mol. The Kier molecular flexibility index (Phi) is 8.28. The lowest BCUT2D eigenvalue weighted by Gasteiger charge is -2.43. The number of carbonyl (C=O) groups excluding carboxylic acids is 3. The zero-order chi connectivity index (χ0) is 29.3. The van der Waals surface area contributed by atoms with E-state index in [9.17, 15) is 14.4 Å². The average Bonchev–Trinajstić information content (AvgIpc) is 3.49. The van der Waals surface area contributed by atoms with Gasteiger partial charge in [-0.1, -0.05) is 41.9 Å². The number of carbonyl (C=O) groups is 3. The zero-order valence-electron chi connectivity index (χ0n) is 22.4. The predicted octanol–water partition coefficient (Wildman–Crippen LogP) is 6.07. The molecule has 2 aliphatic rings. The van der Waals surface area contributed by atoms with E-state index < -0.39 is 41.3 Å². The quantitative estimate of drug-likeness (QED) is 0.262. The van der Waals surface area contributed by atoms with Crippen LogP contribution in [0, 0.1) is 11.7 Å². The minimum atomic E-state index is -1.17. The molecule has 7 nitrogen and oxygen atoms in total. The largest absolute Gasteiger partial charge is 0.465 e. The maximum absolute atomic E-state index is 15.4. The van der Waals surface area contributed by atoms with E-state index in [1.165, 1.54) is 34.4 Å². The minimum Gasteiger partial charge on any atom is -0.465 e. The number of ether oxygens (including phenoxy) is 2. The molecular formula is C31H28ClFN2O5S. The molecule has 0 fully saturated rings. The molecule has 2 aromatic carbocycles. The average molecular weight is 595 g/mol. The highest BCUT2D eigenvalue weighted by atomic mass is 35.5. The van der Waals surface area contributed by atoms with Gasteiger partial charge in [-0.2, -0.15) is 0 Å². The Hall–Kier alpha value is -3.95. The van der Waals surface area contributed by atoms with E-state index in [1.54, 1.807) is 44.2 Å². The van der Waals surface area contributed by atoms with Crippen LogP contribution in [0.15, 0.2) is 88.7 Å². The van der Waals surface area contributed by atoms with E-state index in [-0.39, 0.29) is 42.3 Å². The molecule has 1 aromatic heterocycles. The van der Waals surface area contributed by atoms with Crippen molar-refractivity contribution in [2.45, 2.75) is 32.1 Å². The molecule has 10 heteroatoms. The summed E-state index contributed by atoms with van der Waals surface area (Å²) in [5.74, 6) is -5.32. The van der Waals surface area contributed by atoms with Gasteiger partial charge in [0.15, 0.2) is 5.78 Å². The van der Waals surface area contributed by atoms with Gasteiger partial charge in [0, 0.05) is 27.1 Å². The van der Waals surface area contributed by atoms with Gasteiger partial charge in [0.05, 0.1) is 30.4 Å². The molecule has 1 aliphatic carbocycles. The fraction of sp³-hybridized carbons (Fsp3) is 0.258. The summed E-state index contributed by atoms with van der Waals surface area (Å²) in [6.45, 7) is 3.47. The van der Waals surface area contributed by atoms with Crippen LogP contribution >= 0.6 is 22.9 Å². The first-order valence-electron chi connectivity index (χ1n) is 13.2. The number of ketones is 1. The normalized spacial score (nSPS) is 20.6. The Labute approximate surface area is 246 Å². The van der Waals surface area contributed by atoms with Crippen LogP contribution in [0.3, 0.4) is 0 Å². The summed E-state index contributed by atoms with van der Waals surface area (Å²) in [6.07, 6.45) is 0.167. The molecule has 0 bridgehead atoms. The van der Waals surface area contributed by atoms with E-state index in [0.717, 1.165) is 4.88 Å². The minimum absolute atomic E-state index is 0.0262. The summed E-state index contributed by atoms with van der Waals surface area (Å²) in [7, 11) is 0. The van der Waals surface area contributed by atoms with Gasteiger partial charge >= 0.3 is 11.9 Å². The summed E-state index contributed by atoms with van der Waals surface area (Å²) in [6, 6.07) is 16.4. The van der Waals surface area contributed by atoms with Gasteiger partial charge in [0.2, 0.25) is 0 Å².